The van der Waals surface area contributed by atoms with Gasteiger partial charge in [-0.2, -0.15) is 0 Å². The number of amides is 1. The first-order valence-corrected chi connectivity index (χ1v) is 7.46. The summed E-state index contributed by atoms with van der Waals surface area (Å²) in [5.41, 5.74) is 4.77. The molecule has 118 valence electrons. The summed E-state index contributed by atoms with van der Waals surface area (Å²) in [6.07, 6.45) is 0.727. The lowest BCUT2D eigenvalue weighted by Crippen LogP contribution is -2.29. The standard InChI is InChI=1S/C18H17NO4/c1-21-14-9-12-15-13(19(23-3)18(12)20)8-10-6-4-5-7-11(10)16(15)17(14)22-2/h4-7,9,13H,8H2,1-3H3. The molecule has 2 aromatic rings. The van der Waals surface area contributed by atoms with Gasteiger partial charge in [0, 0.05) is 17.5 Å². The van der Waals surface area contributed by atoms with Crippen LogP contribution in [0.4, 0.5) is 0 Å². The molecule has 1 aliphatic heterocycles. The second kappa shape index (κ2) is 4.99. The van der Waals surface area contributed by atoms with E-state index in [0.29, 0.717) is 17.1 Å². The van der Waals surface area contributed by atoms with E-state index >= 15 is 0 Å². The van der Waals surface area contributed by atoms with E-state index < -0.39 is 0 Å². The van der Waals surface area contributed by atoms with Crippen LogP contribution in [0.15, 0.2) is 30.3 Å². The van der Waals surface area contributed by atoms with Gasteiger partial charge < -0.3 is 9.47 Å². The summed E-state index contributed by atoms with van der Waals surface area (Å²) in [6.45, 7) is 0. The molecule has 5 nitrogen and oxygen atoms in total. The SMILES string of the molecule is COc1cc2c3c(c1OC)-c1ccccc1CC3N(OC)C2=O. The zero-order valence-electron chi connectivity index (χ0n) is 13.3. The Morgan fingerprint density at radius 3 is 2.57 bits per heavy atom. The number of hydrogen-bond acceptors (Lipinski definition) is 4. The van der Waals surface area contributed by atoms with E-state index in [2.05, 4.69) is 12.1 Å². The van der Waals surface area contributed by atoms with Crippen LogP contribution < -0.4 is 9.47 Å². The summed E-state index contributed by atoms with van der Waals surface area (Å²) in [6, 6.07) is 9.75. The maximum absolute atomic E-state index is 12.7. The highest BCUT2D eigenvalue weighted by Crippen LogP contribution is 2.53. The molecule has 2 aliphatic rings. The molecule has 0 bridgehead atoms. The third-order valence-corrected chi connectivity index (χ3v) is 4.65. The summed E-state index contributed by atoms with van der Waals surface area (Å²) >= 11 is 0. The van der Waals surface area contributed by atoms with E-state index in [0.717, 1.165) is 23.1 Å². The van der Waals surface area contributed by atoms with Crippen molar-refractivity contribution in [3.63, 3.8) is 0 Å². The molecule has 2 aromatic carbocycles. The lowest BCUT2D eigenvalue weighted by atomic mass is 9.81. The summed E-state index contributed by atoms with van der Waals surface area (Å²) in [4.78, 5) is 18.1. The second-order valence-electron chi connectivity index (χ2n) is 5.64. The molecule has 0 fully saturated rings. The molecule has 0 saturated heterocycles. The van der Waals surface area contributed by atoms with Crippen molar-refractivity contribution < 1.29 is 19.1 Å². The third-order valence-electron chi connectivity index (χ3n) is 4.65. The van der Waals surface area contributed by atoms with Crippen molar-refractivity contribution in [1.29, 1.82) is 0 Å². The van der Waals surface area contributed by atoms with E-state index in [1.165, 1.54) is 17.7 Å². The molecule has 0 saturated carbocycles. The van der Waals surface area contributed by atoms with Crippen LogP contribution in [-0.2, 0) is 11.3 Å². The van der Waals surface area contributed by atoms with Gasteiger partial charge in [0.1, 0.15) is 0 Å². The Morgan fingerprint density at radius 1 is 1.09 bits per heavy atom. The minimum atomic E-state index is -0.137. The fourth-order valence-electron chi connectivity index (χ4n) is 3.72. The minimum absolute atomic E-state index is 0.132. The molecule has 1 amide bonds. The molecular weight excluding hydrogens is 294 g/mol. The number of carbonyl (C=O) groups excluding carboxylic acids is 1. The first-order chi connectivity index (χ1) is 11.2. The van der Waals surface area contributed by atoms with Gasteiger partial charge >= 0.3 is 0 Å². The van der Waals surface area contributed by atoms with Crippen LogP contribution in [0.2, 0.25) is 0 Å². The predicted octanol–water partition coefficient (Wildman–Crippen LogP) is 2.99. The number of benzene rings is 2. The van der Waals surface area contributed by atoms with Crippen molar-refractivity contribution in [2.45, 2.75) is 12.5 Å². The van der Waals surface area contributed by atoms with Crippen molar-refractivity contribution >= 4 is 5.91 Å². The van der Waals surface area contributed by atoms with Crippen LogP contribution in [0.1, 0.15) is 27.5 Å². The molecule has 1 aliphatic carbocycles. The topological polar surface area (TPSA) is 48.0 Å². The van der Waals surface area contributed by atoms with Gasteiger partial charge in [0.05, 0.1) is 32.9 Å². The molecule has 4 rings (SSSR count). The van der Waals surface area contributed by atoms with Crippen molar-refractivity contribution in [3.05, 3.63) is 47.0 Å². The smallest absolute Gasteiger partial charge is 0.278 e. The Balaban J connectivity index is 2.10. The van der Waals surface area contributed by atoms with E-state index in [4.69, 9.17) is 14.3 Å². The molecule has 0 radical (unpaired) electrons. The van der Waals surface area contributed by atoms with E-state index in [1.807, 2.05) is 12.1 Å². The van der Waals surface area contributed by atoms with Gasteiger partial charge in [0.2, 0.25) is 0 Å². The van der Waals surface area contributed by atoms with Crippen LogP contribution in [0.5, 0.6) is 11.5 Å². The van der Waals surface area contributed by atoms with Crippen LogP contribution in [0, 0.1) is 0 Å². The Bertz CT molecular complexity index is 815. The number of fused-ring (bicyclic) bond motifs is 2. The molecule has 1 unspecified atom stereocenters. The van der Waals surface area contributed by atoms with Crippen LogP contribution in [0.3, 0.4) is 0 Å². The lowest BCUT2D eigenvalue weighted by molar-refractivity contribution is -0.118. The number of carbonyl (C=O) groups is 1. The molecule has 5 heteroatoms. The normalized spacial score (nSPS) is 17.8. The average molecular weight is 311 g/mol. The van der Waals surface area contributed by atoms with E-state index in [9.17, 15) is 4.79 Å². The molecule has 0 aromatic heterocycles. The fourth-order valence-corrected chi connectivity index (χ4v) is 3.72. The van der Waals surface area contributed by atoms with Gasteiger partial charge in [0.15, 0.2) is 11.5 Å². The molecule has 1 heterocycles. The van der Waals surface area contributed by atoms with Crippen molar-refractivity contribution in [1.82, 2.24) is 5.06 Å². The highest BCUT2D eigenvalue weighted by atomic mass is 16.7. The van der Waals surface area contributed by atoms with Crippen LogP contribution >= 0.6 is 0 Å². The number of methoxy groups -OCH3 is 2. The summed E-state index contributed by atoms with van der Waals surface area (Å²) < 4.78 is 11.1. The second-order valence-corrected chi connectivity index (χ2v) is 5.64. The Hall–Kier alpha value is -2.53. The third kappa shape index (κ3) is 1.74. The van der Waals surface area contributed by atoms with Gasteiger partial charge in [-0.25, -0.2) is 5.06 Å². The quantitative estimate of drug-likeness (QED) is 0.874. The van der Waals surface area contributed by atoms with Gasteiger partial charge in [-0.1, -0.05) is 24.3 Å². The van der Waals surface area contributed by atoms with E-state index in [1.54, 1.807) is 20.3 Å². The summed E-state index contributed by atoms with van der Waals surface area (Å²) in [5.74, 6) is 1.08. The summed E-state index contributed by atoms with van der Waals surface area (Å²) in [7, 11) is 4.73. The number of nitrogens with zero attached hydrogens (tertiary/aromatic N) is 1. The molecule has 0 spiro atoms. The molecular formula is C18H17NO4. The minimum Gasteiger partial charge on any atom is -0.493 e. The zero-order valence-corrected chi connectivity index (χ0v) is 13.3. The predicted molar refractivity (Wildman–Crippen MR) is 84.6 cm³/mol. The molecule has 23 heavy (non-hydrogen) atoms. The maximum Gasteiger partial charge on any atom is 0.278 e. The van der Waals surface area contributed by atoms with E-state index in [-0.39, 0.29) is 11.9 Å². The van der Waals surface area contributed by atoms with Gasteiger partial charge in [-0.3, -0.25) is 9.63 Å². The number of rotatable bonds is 3. The average Bonchev–Trinajstić information content (AvgIpc) is 2.86. The van der Waals surface area contributed by atoms with Gasteiger partial charge in [0.25, 0.3) is 5.91 Å². The number of hydrogen-bond donors (Lipinski definition) is 0. The van der Waals surface area contributed by atoms with Crippen molar-refractivity contribution in [2.75, 3.05) is 21.3 Å². The first-order valence-electron chi connectivity index (χ1n) is 7.46. The van der Waals surface area contributed by atoms with Crippen LogP contribution in [-0.4, -0.2) is 32.3 Å². The van der Waals surface area contributed by atoms with Gasteiger partial charge in [-0.15, -0.1) is 0 Å². The number of ether oxygens (including phenoxy) is 2. The van der Waals surface area contributed by atoms with Crippen molar-refractivity contribution in [2.24, 2.45) is 0 Å². The Kier molecular flexibility index (Phi) is 3.06. The zero-order chi connectivity index (χ0) is 16.1. The summed E-state index contributed by atoms with van der Waals surface area (Å²) in [5, 5.41) is 1.45. The molecule has 1 atom stereocenters. The maximum atomic E-state index is 12.7. The number of hydroxylamine groups is 2. The van der Waals surface area contributed by atoms with Crippen LogP contribution in [0.25, 0.3) is 11.1 Å². The fraction of sp³-hybridized carbons (Fsp3) is 0.278. The Labute approximate surface area is 134 Å². The monoisotopic (exact) mass is 311 g/mol. The van der Waals surface area contributed by atoms with Gasteiger partial charge in [-0.05, 0) is 17.2 Å². The Morgan fingerprint density at radius 2 is 1.87 bits per heavy atom. The lowest BCUT2D eigenvalue weighted by Gasteiger charge is -2.29. The molecule has 0 N–H and O–H groups in total. The highest BCUT2D eigenvalue weighted by Gasteiger charge is 2.44. The largest absolute Gasteiger partial charge is 0.493 e. The first kappa shape index (κ1) is 14.1. The van der Waals surface area contributed by atoms with Crippen molar-refractivity contribution in [3.8, 4) is 22.6 Å². The highest BCUT2D eigenvalue weighted by molar-refractivity contribution is 6.03.